The first-order chi connectivity index (χ1) is 10.9. The number of fused-ring (bicyclic) bond motifs is 5. The molecule has 1 N–H and O–H groups in total. The van der Waals surface area contributed by atoms with Crippen molar-refractivity contribution in [2.24, 2.45) is 28.6 Å². The van der Waals surface area contributed by atoms with Crippen LogP contribution in [-0.4, -0.2) is 23.3 Å². The van der Waals surface area contributed by atoms with Crippen molar-refractivity contribution in [3.63, 3.8) is 0 Å². The lowest BCUT2D eigenvalue weighted by atomic mass is 9.46. The third-order valence-corrected chi connectivity index (χ3v) is 8.14. The summed E-state index contributed by atoms with van der Waals surface area (Å²) in [5.41, 5.74) is 1.90. The molecule has 0 bridgehead atoms. The average molecular weight is 316 g/mol. The molecule has 0 amide bonds. The maximum absolute atomic E-state index is 12.4. The van der Waals surface area contributed by atoms with Gasteiger partial charge in [-0.15, -0.1) is 0 Å². The quantitative estimate of drug-likeness (QED) is 0.806. The van der Waals surface area contributed by atoms with Crippen LogP contribution in [0.15, 0.2) is 11.1 Å². The second-order valence-corrected chi connectivity index (χ2v) is 8.67. The fourth-order valence-electron chi connectivity index (χ4n) is 6.81. The van der Waals surface area contributed by atoms with E-state index in [4.69, 9.17) is 0 Å². The van der Waals surface area contributed by atoms with E-state index in [2.05, 4.69) is 6.92 Å². The molecule has 126 valence electrons. The van der Waals surface area contributed by atoms with Gasteiger partial charge in [0.2, 0.25) is 0 Å². The van der Waals surface area contributed by atoms with E-state index in [0.717, 1.165) is 50.5 Å². The van der Waals surface area contributed by atoms with Gasteiger partial charge in [-0.2, -0.15) is 0 Å². The molecular weight excluding hydrogens is 288 g/mol. The van der Waals surface area contributed by atoms with Gasteiger partial charge in [-0.3, -0.25) is 9.59 Å². The third-order valence-electron chi connectivity index (χ3n) is 8.14. The zero-order chi connectivity index (χ0) is 16.4. The Bertz CT molecular complexity index is 604. The van der Waals surface area contributed by atoms with Gasteiger partial charge in [-0.25, -0.2) is 0 Å². The highest BCUT2D eigenvalue weighted by atomic mass is 16.3. The second-order valence-electron chi connectivity index (χ2n) is 8.67. The lowest BCUT2D eigenvalue weighted by Crippen LogP contribution is -2.53. The summed E-state index contributed by atoms with van der Waals surface area (Å²) >= 11 is 0. The van der Waals surface area contributed by atoms with Crippen molar-refractivity contribution in [1.82, 2.24) is 0 Å². The molecule has 0 unspecified atom stereocenters. The molecule has 3 nitrogen and oxygen atoms in total. The van der Waals surface area contributed by atoms with Gasteiger partial charge in [0.1, 0.15) is 5.78 Å². The van der Waals surface area contributed by atoms with Gasteiger partial charge in [0.25, 0.3) is 0 Å². The van der Waals surface area contributed by atoms with Crippen molar-refractivity contribution in [2.45, 2.75) is 65.2 Å². The number of Topliss-reactive ketones (excluding diaryl/α,β-unsaturated/α-hetero) is 2. The first-order valence-electron chi connectivity index (χ1n) is 9.31. The number of carbonyl (C=O) groups excluding carboxylic acids is 2. The van der Waals surface area contributed by atoms with Crippen LogP contribution in [0.1, 0.15) is 65.2 Å². The molecule has 0 radical (unpaired) electrons. The van der Waals surface area contributed by atoms with Crippen LogP contribution in [0.4, 0.5) is 0 Å². The summed E-state index contributed by atoms with van der Waals surface area (Å²) in [5, 5.41) is 10.4. The van der Waals surface area contributed by atoms with Gasteiger partial charge in [0, 0.05) is 23.7 Å². The van der Waals surface area contributed by atoms with Crippen LogP contribution < -0.4 is 0 Å². The molecule has 0 aromatic carbocycles. The Morgan fingerprint density at radius 2 is 1.83 bits per heavy atom. The Balaban J connectivity index is 1.76. The van der Waals surface area contributed by atoms with E-state index < -0.39 is 0 Å². The maximum atomic E-state index is 12.4. The highest BCUT2D eigenvalue weighted by Crippen LogP contribution is 2.64. The zero-order valence-electron chi connectivity index (χ0n) is 14.4. The second kappa shape index (κ2) is 5.02. The maximum Gasteiger partial charge on any atom is 0.158 e. The smallest absolute Gasteiger partial charge is 0.158 e. The summed E-state index contributed by atoms with van der Waals surface area (Å²) in [6.07, 6.45) is 7.23. The van der Waals surface area contributed by atoms with Crippen molar-refractivity contribution in [3.8, 4) is 0 Å². The van der Waals surface area contributed by atoms with E-state index in [1.165, 1.54) is 5.57 Å². The molecule has 3 fully saturated rings. The van der Waals surface area contributed by atoms with E-state index in [1.807, 2.05) is 6.92 Å². The molecule has 3 heteroatoms. The molecule has 0 aliphatic heterocycles. The van der Waals surface area contributed by atoms with Crippen molar-refractivity contribution >= 4 is 11.6 Å². The van der Waals surface area contributed by atoms with Gasteiger partial charge >= 0.3 is 0 Å². The van der Waals surface area contributed by atoms with E-state index in [0.29, 0.717) is 30.0 Å². The van der Waals surface area contributed by atoms with Gasteiger partial charge in [-0.05, 0) is 68.8 Å². The predicted octanol–water partition coefficient (Wildman–Crippen LogP) is 3.45. The number of hydrogen-bond donors (Lipinski definition) is 1. The fraction of sp³-hybridized carbons (Fsp3) is 0.800. The van der Waals surface area contributed by atoms with Gasteiger partial charge < -0.3 is 5.11 Å². The molecule has 0 heterocycles. The zero-order valence-corrected chi connectivity index (χ0v) is 14.4. The molecule has 0 aromatic rings. The normalized spacial score (nSPS) is 46.5. The summed E-state index contributed by atoms with van der Waals surface area (Å²) in [4.78, 5) is 24.6. The number of aliphatic hydroxyl groups is 1. The van der Waals surface area contributed by atoms with Crippen molar-refractivity contribution in [3.05, 3.63) is 11.1 Å². The topological polar surface area (TPSA) is 54.4 Å². The summed E-state index contributed by atoms with van der Waals surface area (Å²) in [5.74, 6) is 2.26. The van der Waals surface area contributed by atoms with E-state index in [9.17, 15) is 14.7 Å². The van der Waals surface area contributed by atoms with Gasteiger partial charge in [0.05, 0.1) is 6.61 Å². The summed E-state index contributed by atoms with van der Waals surface area (Å²) < 4.78 is 0. The minimum atomic E-state index is -0.173. The summed E-state index contributed by atoms with van der Waals surface area (Å²) in [7, 11) is 0. The largest absolute Gasteiger partial charge is 0.395 e. The van der Waals surface area contributed by atoms with E-state index >= 15 is 0 Å². The van der Waals surface area contributed by atoms with Crippen LogP contribution >= 0.6 is 0 Å². The molecule has 0 spiro atoms. The molecule has 0 saturated heterocycles. The molecule has 23 heavy (non-hydrogen) atoms. The van der Waals surface area contributed by atoms with Crippen molar-refractivity contribution in [2.75, 3.05) is 6.61 Å². The number of hydrogen-bond acceptors (Lipinski definition) is 3. The summed E-state index contributed by atoms with van der Waals surface area (Å²) in [6.45, 7) is 4.33. The van der Waals surface area contributed by atoms with Crippen LogP contribution in [0.5, 0.6) is 0 Å². The van der Waals surface area contributed by atoms with Gasteiger partial charge in [-0.1, -0.05) is 12.5 Å². The summed E-state index contributed by atoms with van der Waals surface area (Å²) in [6, 6.07) is 0. The lowest BCUT2D eigenvalue weighted by Gasteiger charge is -2.57. The standard InChI is InChI=1S/C20H28O3/c1-12-14-4-3-13-15-5-6-18(23)19(15,2)9-7-16(13)20(14,11-21)10-8-17(12)22/h13,15-16,21H,3-11H2,1-2H3/t13-,15-,16+,19-,20+/m0/s1. The molecule has 4 aliphatic rings. The number of ketones is 2. The molecular formula is C20H28O3. The van der Waals surface area contributed by atoms with Crippen LogP contribution in [0.2, 0.25) is 0 Å². The first-order valence-corrected chi connectivity index (χ1v) is 9.31. The molecule has 0 aromatic heterocycles. The van der Waals surface area contributed by atoms with Crippen molar-refractivity contribution < 1.29 is 14.7 Å². The minimum Gasteiger partial charge on any atom is -0.395 e. The number of rotatable bonds is 1. The lowest BCUT2D eigenvalue weighted by molar-refractivity contribution is -0.134. The molecule has 3 saturated carbocycles. The van der Waals surface area contributed by atoms with E-state index in [-0.39, 0.29) is 23.2 Å². The van der Waals surface area contributed by atoms with Crippen LogP contribution in [0.25, 0.3) is 0 Å². The SMILES string of the molecule is CC1=C2CC[C@@H]3[C@@H](CC[C@]4(C)C(=O)CC[C@@H]34)[C@@]2(CO)CCC1=O. The highest BCUT2D eigenvalue weighted by molar-refractivity contribution is 5.97. The average Bonchev–Trinajstić information content (AvgIpc) is 2.86. The Hall–Kier alpha value is -0.960. The Morgan fingerprint density at radius 3 is 2.57 bits per heavy atom. The Labute approximate surface area is 138 Å². The van der Waals surface area contributed by atoms with E-state index in [1.54, 1.807) is 0 Å². The third kappa shape index (κ3) is 1.86. The molecule has 4 rings (SSSR count). The fourth-order valence-corrected chi connectivity index (χ4v) is 6.81. The predicted molar refractivity (Wildman–Crippen MR) is 87.7 cm³/mol. The van der Waals surface area contributed by atoms with Gasteiger partial charge in [0.15, 0.2) is 5.78 Å². The molecule has 5 atom stereocenters. The highest BCUT2D eigenvalue weighted by Gasteiger charge is 2.60. The van der Waals surface area contributed by atoms with Crippen LogP contribution in [0, 0.1) is 28.6 Å². The molecule has 4 aliphatic carbocycles. The monoisotopic (exact) mass is 316 g/mol. The van der Waals surface area contributed by atoms with Crippen LogP contribution in [-0.2, 0) is 9.59 Å². The number of carbonyl (C=O) groups is 2. The first kappa shape index (κ1) is 15.6. The minimum absolute atomic E-state index is 0.113. The Kier molecular flexibility index (Phi) is 3.39. The van der Waals surface area contributed by atoms with Crippen LogP contribution in [0.3, 0.4) is 0 Å². The number of aliphatic hydroxyl groups excluding tert-OH is 1. The van der Waals surface area contributed by atoms with Crippen molar-refractivity contribution in [1.29, 1.82) is 0 Å². The Morgan fingerprint density at radius 1 is 1.04 bits per heavy atom.